The minimum absolute atomic E-state index is 0. The van der Waals surface area contributed by atoms with Gasteiger partial charge in [0.1, 0.15) is 5.75 Å². The molecule has 5 nitrogen and oxygen atoms in total. The van der Waals surface area contributed by atoms with Crippen LogP contribution in [-0.2, 0) is 4.79 Å². The number of aromatic nitrogens is 1. The number of carbonyl (C=O) groups is 1. The number of halogens is 1. The Labute approximate surface area is 154 Å². The van der Waals surface area contributed by atoms with E-state index in [0.29, 0.717) is 6.54 Å². The molecule has 1 aliphatic rings. The van der Waals surface area contributed by atoms with E-state index in [1.807, 2.05) is 55.3 Å². The van der Waals surface area contributed by atoms with Gasteiger partial charge in [-0.05, 0) is 42.7 Å². The van der Waals surface area contributed by atoms with Crippen LogP contribution in [0.5, 0.6) is 5.75 Å². The second kappa shape index (κ2) is 8.83. The summed E-state index contributed by atoms with van der Waals surface area (Å²) in [5, 5.41) is 3.35. The fourth-order valence-corrected chi connectivity index (χ4v) is 2.96. The molecule has 1 aromatic carbocycles. The van der Waals surface area contributed by atoms with E-state index in [1.54, 1.807) is 6.20 Å². The van der Waals surface area contributed by atoms with Crippen LogP contribution in [0.1, 0.15) is 22.7 Å². The van der Waals surface area contributed by atoms with Gasteiger partial charge in [0.25, 0.3) is 5.91 Å². The summed E-state index contributed by atoms with van der Waals surface area (Å²) in [7, 11) is 0. The molecule has 0 radical (unpaired) electrons. The molecule has 1 atom stereocenters. The molecular formula is C19H24ClN3O2. The van der Waals surface area contributed by atoms with Gasteiger partial charge in [-0.2, -0.15) is 0 Å². The molecule has 1 N–H and O–H groups in total. The van der Waals surface area contributed by atoms with Crippen LogP contribution in [0.25, 0.3) is 0 Å². The van der Waals surface area contributed by atoms with Gasteiger partial charge in [-0.3, -0.25) is 9.78 Å². The first-order chi connectivity index (χ1) is 11.6. The van der Waals surface area contributed by atoms with Gasteiger partial charge in [-0.25, -0.2) is 0 Å². The molecular weight excluding hydrogens is 338 g/mol. The fraction of sp³-hybridized carbons (Fsp3) is 0.368. The van der Waals surface area contributed by atoms with Crippen LogP contribution in [-0.4, -0.2) is 42.0 Å². The number of nitrogens with zero attached hydrogens (tertiary/aromatic N) is 2. The lowest BCUT2D eigenvalue weighted by molar-refractivity contribution is -0.136. The summed E-state index contributed by atoms with van der Waals surface area (Å²) in [4.78, 5) is 18.8. The zero-order valence-electron chi connectivity index (χ0n) is 14.6. The number of rotatable bonds is 4. The van der Waals surface area contributed by atoms with Crippen molar-refractivity contribution in [1.82, 2.24) is 15.2 Å². The smallest absolute Gasteiger partial charge is 0.261 e. The Morgan fingerprint density at radius 3 is 2.96 bits per heavy atom. The largest absolute Gasteiger partial charge is 0.483 e. The summed E-state index contributed by atoms with van der Waals surface area (Å²) in [6.07, 6.45) is 3.57. The lowest BCUT2D eigenvalue weighted by Crippen LogP contribution is -2.50. The van der Waals surface area contributed by atoms with Crippen molar-refractivity contribution in [2.24, 2.45) is 0 Å². The molecule has 0 spiro atoms. The highest BCUT2D eigenvalue weighted by molar-refractivity contribution is 5.85. The Morgan fingerprint density at radius 2 is 2.20 bits per heavy atom. The maximum absolute atomic E-state index is 12.7. The van der Waals surface area contributed by atoms with E-state index < -0.39 is 0 Å². The van der Waals surface area contributed by atoms with Crippen molar-refractivity contribution >= 4 is 18.3 Å². The quantitative estimate of drug-likeness (QED) is 0.909. The highest BCUT2D eigenvalue weighted by atomic mass is 35.5. The van der Waals surface area contributed by atoms with Gasteiger partial charge >= 0.3 is 0 Å². The van der Waals surface area contributed by atoms with Gasteiger partial charge < -0.3 is 15.0 Å². The van der Waals surface area contributed by atoms with Crippen LogP contribution in [0.2, 0.25) is 0 Å². The van der Waals surface area contributed by atoms with Crippen molar-refractivity contribution in [3.8, 4) is 5.75 Å². The molecule has 2 heterocycles. The van der Waals surface area contributed by atoms with E-state index >= 15 is 0 Å². The molecule has 1 fully saturated rings. The van der Waals surface area contributed by atoms with Crippen molar-refractivity contribution in [2.75, 3.05) is 26.2 Å². The molecule has 1 unspecified atom stereocenters. The van der Waals surface area contributed by atoms with Gasteiger partial charge in [0.2, 0.25) is 0 Å². The zero-order valence-corrected chi connectivity index (χ0v) is 15.4. The number of hydrogen-bond acceptors (Lipinski definition) is 4. The van der Waals surface area contributed by atoms with E-state index in [1.165, 1.54) is 0 Å². The van der Waals surface area contributed by atoms with Gasteiger partial charge in [0.05, 0.1) is 6.04 Å². The van der Waals surface area contributed by atoms with Gasteiger partial charge in [0.15, 0.2) is 6.61 Å². The Kier molecular flexibility index (Phi) is 6.79. The van der Waals surface area contributed by atoms with Crippen LogP contribution in [0.3, 0.4) is 0 Å². The topological polar surface area (TPSA) is 54.5 Å². The number of piperazine rings is 1. The minimum atomic E-state index is 0. The van der Waals surface area contributed by atoms with Crippen LogP contribution in [0, 0.1) is 13.8 Å². The predicted octanol–water partition coefficient (Wildman–Crippen LogP) is 2.67. The fourth-order valence-electron chi connectivity index (χ4n) is 2.96. The Bertz CT molecular complexity index is 709. The minimum Gasteiger partial charge on any atom is -0.483 e. The average Bonchev–Trinajstić information content (AvgIpc) is 2.63. The zero-order chi connectivity index (χ0) is 16.9. The molecule has 0 bridgehead atoms. The number of benzene rings is 1. The highest BCUT2D eigenvalue weighted by Gasteiger charge is 2.28. The second-order valence-electron chi connectivity index (χ2n) is 6.15. The lowest BCUT2D eigenvalue weighted by atomic mass is 10.1. The van der Waals surface area contributed by atoms with Crippen molar-refractivity contribution in [2.45, 2.75) is 19.9 Å². The Morgan fingerprint density at radius 1 is 1.36 bits per heavy atom. The molecule has 134 valence electrons. The summed E-state index contributed by atoms with van der Waals surface area (Å²) >= 11 is 0. The summed E-state index contributed by atoms with van der Waals surface area (Å²) in [6.45, 7) is 6.27. The first-order valence-corrected chi connectivity index (χ1v) is 8.25. The van der Waals surface area contributed by atoms with Gasteiger partial charge in [-0.1, -0.05) is 18.2 Å². The molecule has 6 heteroatoms. The summed E-state index contributed by atoms with van der Waals surface area (Å²) < 4.78 is 5.79. The number of aryl methyl sites for hydroxylation is 2. The first kappa shape index (κ1) is 19.2. The third kappa shape index (κ3) is 4.71. The molecule has 1 saturated heterocycles. The van der Waals surface area contributed by atoms with Gasteiger partial charge in [0, 0.05) is 32.0 Å². The third-order valence-electron chi connectivity index (χ3n) is 4.33. The van der Waals surface area contributed by atoms with Crippen LogP contribution in [0.15, 0.2) is 42.7 Å². The normalized spacial score (nSPS) is 16.9. The number of pyridine rings is 1. The number of amides is 1. The predicted molar refractivity (Wildman–Crippen MR) is 100 cm³/mol. The van der Waals surface area contributed by atoms with Gasteiger partial charge in [-0.15, -0.1) is 12.4 Å². The first-order valence-electron chi connectivity index (χ1n) is 8.25. The monoisotopic (exact) mass is 361 g/mol. The summed E-state index contributed by atoms with van der Waals surface area (Å²) in [5.74, 6) is 0.780. The lowest BCUT2D eigenvalue weighted by Gasteiger charge is -2.36. The van der Waals surface area contributed by atoms with E-state index in [-0.39, 0.29) is 31.0 Å². The molecule has 2 aromatic rings. The molecule has 1 amide bonds. The Balaban J connectivity index is 0.00000225. The Hall–Kier alpha value is -2.11. The number of ether oxygens (including phenoxy) is 1. The molecule has 1 aliphatic heterocycles. The molecule has 0 saturated carbocycles. The highest BCUT2D eigenvalue weighted by Crippen LogP contribution is 2.23. The molecule has 3 rings (SSSR count). The molecule has 1 aromatic heterocycles. The van der Waals surface area contributed by atoms with Crippen molar-refractivity contribution in [3.63, 3.8) is 0 Å². The number of hydrogen-bond donors (Lipinski definition) is 1. The third-order valence-corrected chi connectivity index (χ3v) is 4.33. The SMILES string of the molecule is Cc1ccc(C)c(OCC(=O)N2CCNCC2c2cccnc2)c1.Cl. The standard InChI is InChI=1S/C19H23N3O2.ClH/c1-14-5-6-15(2)18(10-14)24-13-19(23)22-9-8-21-12-17(22)16-4-3-7-20-11-16;/h3-7,10-11,17,21H,8-9,12-13H2,1-2H3;1H. The average molecular weight is 362 g/mol. The summed E-state index contributed by atoms with van der Waals surface area (Å²) in [5.41, 5.74) is 3.21. The number of carbonyl (C=O) groups excluding carboxylic acids is 1. The van der Waals surface area contributed by atoms with Crippen LogP contribution in [0.4, 0.5) is 0 Å². The van der Waals surface area contributed by atoms with E-state index in [4.69, 9.17) is 4.74 Å². The summed E-state index contributed by atoms with van der Waals surface area (Å²) in [6, 6.07) is 9.94. The van der Waals surface area contributed by atoms with E-state index in [0.717, 1.165) is 35.5 Å². The number of nitrogens with one attached hydrogen (secondary N) is 1. The van der Waals surface area contributed by atoms with E-state index in [9.17, 15) is 4.79 Å². The molecule has 25 heavy (non-hydrogen) atoms. The van der Waals surface area contributed by atoms with Crippen molar-refractivity contribution < 1.29 is 9.53 Å². The maximum atomic E-state index is 12.7. The maximum Gasteiger partial charge on any atom is 0.261 e. The van der Waals surface area contributed by atoms with Crippen LogP contribution < -0.4 is 10.1 Å². The van der Waals surface area contributed by atoms with Crippen molar-refractivity contribution in [3.05, 3.63) is 59.4 Å². The second-order valence-corrected chi connectivity index (χ2v) is 6.15. The van der Waals surface area contributed by atoms with E-state index in [2.05, 4.69) is 10.3 Å². The molecule has 0 aliphatic carbocycles. The van der Waals surface area contributed by atoms with Crippen LogP contribution >= 0.6 is 12.4 Å². The van der Waals surface area contributed by atoms with Crippen molar-refractivity contribution in [1.29, 1.82) is 0 Å².